The van der Waals surface area contributed by atoms with Gasteiger partial charge in [0.25, 0.3) is 0 Å². The number of aromatic hydroxyl groups is 2. The Balaban J connectivity index is 3.02. The van der Waals surface area contributed by atoms with Gasteiger partial charge >= 0.3 is 0 Å². The molecule has 0 heterocycles. The number of benzene rings is 2. The maximum Gasteiger partial charge on any atom is 0.201 e. The molecule has 2 nitrogen and oxygen atoms in total. The van der Waals surface area contributed by atoms with Crippen LogP contribution < -0.4 is 0 Å². The molecule has 8 heteroatoms. The van der Waals surface area contributed by atoms with Gasteiger partial charge < -0.3 is 10.2 Å². The molecular formula is C18H12F6O2. The van der Waals surface area contributed by atoms with Crippen LogP contribution in [-0.4, -0.2) is 10.2 Å². The predicted molar refractivity (Wildman–Crippen MR) is 82.8 cm³/mol. The molecular weight excluding hydrogens is 362 g/mol. The van der Waals surface area contributed by atoms with Crippen LogP contribution in [0.5, 0.6) is 11.5 Å². The minimum atomic E-state index is -2.11. The fourth-order valence-electron chi connectivity index (χ4n) is 2.49. The molecule has 0 bridgehead atoms. The lowest BCUT2D eigenvalue weighted by Gasteiger charge is -2.16. The molecule has 2 aromatic rings. The van der Waals surface area contributed by atoms with Crippen molar-refractivity contribution in [3.8, 4) is 22.6 Å². The summed E-state index contributed by atoms with van der Waals surface area (Å²) in [5.41, 5.74) is -4.72. The first kappa shape index (κ1) is 19.4. The Hall–Kier alpha value is -2.90. The average molecular weight is 374 g/mol. The number of hydrogen-bond donors (Lipinski definition) is 2. The minimum Gasteiger partial charge on any atom is -0.504 e. The smallest absolute Gasteiger partial charge is 0.201 e. The lowest BCUT2D eigenvalue weighted by atomic mass is 9.94. The zero-order chi connectivity index (χ0) is 19.8. The highest BCUT2D eigenvalue weighted by atomic mass is 19.2. The van der Waals surface area contributed by atoms with E-state index in [9.17, 15) is 36.6 Å². The number of phenolic OH excluding ortho intramolecular Hbond substituents is 2. The fourth-order valence-corrected chi connectivity index (χ4v) is 2.49. The molecule has 2 rings (SSSR count). The molecule has 138 valence electrons. The van der Waals surface area contributed by atoms with E-state index in [4.69, 9.17) is 0 Å². The molecule has 0 aliphatic carbocycles. The standard InChI is InChI=1S/C18H12F6O2/c1-3-5-7-11(19)9(13(21)15(23)17(7)25)10-12(20)8(6-4-2)18(26)16(24)14(10)22/h3-4,25-26H,1-2,5-6H2. The van der Waals surface area contributed by atoms with Gasteiger partial charge in [0.15, 0.2) is 23.1 Å². The van der Waals surface area contributed by atoms with Crippen LogP contribution >= 0.6 is 0 Å². The lowest BCUT2D eigenvalue weighted by molar-refractivity contribution is 0.388. The van der Waals surface area contributed by atoms with E-state index in [1.165, 1.54) is 0 Å². The molecule has 0 saturated carbocycles. The van der Waals surface area contributed by atoms with Gasteiger partial charge in [0.2, 0.25) is 11.6 Å². The molecule has 0 saturated heterocycles. The number of halogens is 6. The van der Waals surface area contributed by atoms with Gasteiger partial charge in [-0.1, -0.05) is 12.2 Å². The van der Waals surface area contributed by atoms with E-state index in [1.807, 2.05) is 0 Å². The summed E-state index contributed by atoms with van der Waals surface area (Å²) in [6.45, 7) is 6.49. The first-order valence-electron chi connectivity index (χ1n) is 7.17. The first-order chi connectivity index (χ1) is 12.2. The van der Waals surface area contributed by atoms with Crippen LogP contribution in [0.1, 0.15) is 11.1 Å². The third kappa shape index (κ3) is 2.81. The Bertz CT molecular complexity index is 846. The van der Waals surface area contributed by atoms with E-state index < -0.39 is 81.5 Å². The van der Waals surface area contributed by atoms with Crippen LogP contribution in [0.15, 0.2) is 25.3 Å². The van der Waals surface area contributed by atoms with E-state index in [1.54, 1.807) is 0 Å². The van der Waals surface area contributed by atoms with Crippen molar-refractivity contribution >= 4 is 0 Å². The maximum absolute atomic E-state index is 14.6. The summed E-state index contributed by atoms with van der Waals surface area (Å²) in [6.07, 6.45) is 1.08. The van der Waals surface area contributed by atoms with Crippen LogP contribution in [0.2, 0.25) is 0 Å². The van der Waals surface area contributed by atoms with Crippen molar-refractivity contribution in [2.45, 2.75) is 12.8 Å². The van der Waals surface area contributed by atoms with Gasteiger partial charge in [0.05, 0.1) is 11.1 Å². The largest absolute Gasteiger partial charge is 0.504 e. The van der Waals surface area contributed by atoms with Crippen LogP contribution in [0, 0.1) is 34.9 Å². The normalized spacial score (nSPS) is 10.8. The summed E-state index contributed by atoms with van der Waals surface area (Å²) in [7, 11) is 0. The Labute approximate surface area is 144 Å². The second kappa shape index (κ2) is 7.15. The molecule has 0 aromatic heterocycles. The van der Waals surface area contributed by atoms with Crippen molar-refractivity contribution in [2.75, 3.05) is 0 Å². The third-order valence-corrected chi connectivity index (χ3v) is 3.73. The molecule has 0 amide bonds. The monoisotopic (exact) mass is 374 g/mol. The van der Waals surface area contributed by atoms with Gasteiger partial charge in [-0.25, -0.2) is 17.6 Å². The number of rotatable bonds is 5. The summed E-state index contributed by atoms with van der Waals surface area (Å²) in [5, 5.41) is 19.0. The molecule has 0 radical (unpaired) electrons. The Morgan fingerprint density at radius 3 is 1.15 bits per heavy atom. The average Bonchev–Trinajstić information content (AvgIpc) is 2.61. The fraction of sp³-hybridized carbons (Fsp3) is 0.111. The van der Waals surface area contributed by atoms with E-state index in [-0.39, 0.29) is 0 Å². The van der Waals surface area contributed by atoms with E-state index in [0.717, 1.165) is 12.2 Å². The van der Waals surface area contributed by atoms with Crippen LogP contribution in [-0.2, 0) is 12.8 Å². The predicted octanol–water partition coefficient (Wildman–Crippen LogP) is 5.06. The highest BCUT2D eigenvalue weighted by molar-refractivity contribution is 5.71. The zero-order valence-corrected chi connectivity index (χ0v) is 13.1. The van der Waals surface area contributed by atoms with Crippen LogP contribution in [0.4, 0.5) is 26.3 Å². The summed E-state index contributed by atoms with van der Waals surface area (Å²) in [4.78, 5) is 0. The molecule has 0 unspecified atom stereocenters. The summed E-state index contributed by atoms with van der Waals surface area (Å²) in [6, 6.07) is 0. The summed E-state index contributed by atoms with van der Waals surface area (Å²) in [5.74, 6) is -14.3. The van der Waals surface area contributed by atoms with Crippen molar-refractivity contribution < 1.29 is 36.6 Å². The van der Waals surface area contributed by atoms with Crippen molar-refractivity contribution in [1.82, 2.24) is 0 Å². The summed E-state index contributed by atoms with van der Waals surface area (Å²) >= 11 is 0. The molecule has 0 spiro atoms. The zero-order valence-electron chi connectivity index (χ0n) is 13.1. The van der Waals surface area contributed by atoms with E-state index in [0.29, 0.717) is 0 Å². The molecule has 0 aliphatic heterocycles. The van der Waals surface area contributed by atoms with Crippen LogP contribution in [0.3, 0.4) is 0 Å². The lowest BCUT2D eigenvalue weighted by Crippen LogP contribution is -2.08. The van der Waals surface area contributed by atoms with Gasteiger partial charge in [-0.15, -0.1) is 13.2 Å². The SMILES string of the molecule is C=CCc1c(O)c(F)c(F)c(-c2c(F)c(F)c(O)c(CC=C)c2F)c1F. The molecule has 2 N–H and O–H groups in total. The second-order valence-electron chi connectivity index (χ2n) is 5.27. The van der Waals surface area contributed by atoms with Gasteiger partial charge in [-0.3, -0.25) is 0 Å². The minimum absolute atomic E-state index is 0.495. The van der Waals surface area contributed by atoms with Gasteiger partial charge in [-0.2, -0.15) is 8.78 Å². The van der Waals surface area contributed by atoms with E-state index in [2.05, 4.69) is 13.2 Å². The second-order valence-corrected chi connectivity index (χ2v) is 5.27. The van der Waals surface area contributed by atoms with Crippen molar-refractivity contribution in [3.63, 3.8) is 0 Å². The third-order valence-electron chi connectivity index (χ3n) is 3.73. The maximum atomic E-state index is 14.6. The van der Waals surface area contributed by atoms with Gasteiger partial charge in [0.1, 0.15) is 11.6 Å². The number of allylic oxidation sites excluding steroid dienone is 2. The summed E-state index contributed by atoms with van der Waals surface area (Å²) < 4.78 is 85.4. The Morgan fingerprint density at radius 2 is 0.885 bits per heavy atom. The Morgan fingerprint density at radius 1 is 0.577 bits per heavy atom. The number of hydrogen-bond acceptors (Lipinski definition) is 2. The molecule has 2 aromatic carbocycles. The molecule has 0 atom stereocenters. The van der Waals surface area contributed by atoms with Gasteiger partial charge in [0, 0.05) is 11.1 Å². The Kier molecular flexibility index (Phi) is 5.34. The van der Waals surface area contributed by atoms with E-state index >= 15 is 0 Å². The molecule has 0 fully saturated rings. The first-order valence-corrected chi connectivity index (χ1v) is 7.17. The topological polar surface area (TPSA) is 40.5 Å². The highest BCUT2D eigenvalue weighted by Crippen LogP contribution is 2.42. The molecule has 0 aliphatic rings. The molecule has 26 heavy (non-hydrogen) atoms. The van der Waals surface area contributed by atoms with Crippen molar-refractivity contribution in [3.05, 3.63) is 71.3 Å². The van der Waals surface area contributed by atoms with Gasteiger partial charge in [-0.05, 0) is 12.8 Å². The van der Waals surface area contributed by atoms with Crippen LogP contribution in [0.25, 0.3) is 11.1 Å². The van der Waals surface area contributed by atoms with Crippen molar-refractivity contribution in [2.24, 2.45) is 0 Å². The highest BCUT2D eigenvalue weighted by Gasteiger charge is 2.32. The quantitative estimate of drug-likeness (QED) is 0.437. The van der Waals surface area contributed by atoms with Crippen molar-refractivity contribution in [1.29, 1.82) is 0 Å². The number of phenols is 2.